The second kappa shape index (κ2) is 9.95. The van der Waals surface area contributed by atoms with Crippen LogP contribution >= 0.6 is 11.9 Å². The average molecular weight is 684 g/mol. The van der Waals surface area contributed by atoms with Gasteiger partial charge >= 0.3 is 203 Å². The third-order valence-corrected chi connectivity index (χ3v) is 13.0. The topological polar surface area (TPSA) is 68.3 Å². The van der Waals surface area contributed by atoms with Crippen molar-refractivity contribution in [2.75, 3.05) is 6.54 Å². The van der Waals surface area contributed by atoms with Crippen molar-refractivity contribution in [2.24, 2.45) is 0 Å². The Morgan fingerprint density at radius 1 is 1.23 bits per heavy atom. The van der Waals surface area contributed by atoms with Gasteiger partial charge in [0.25, 0.3) is 0 Å². The molecule has 1 aromatic carbocycles. The van der Waals surface area contributed by atoms with Crippen molar-refractivity contribution in [1.82, 2.24) is 9.80 Å². The number of carbonyl (C=O) groups is 2. The fourth-order valence-corrected chi connectivity index (χ4v) is 12.1. The Labute approximate surface area is 202 Å². The molecule has 2 aliphatic rings. The fourth-order valence-electron chi connectivity index (χ4n) is 4.31. The summed E-state index contributed by atoms with van der Waals surface area (Å²) >= 11 is 2.52. The van der Waals surface area contributed by atoms with Gasteiger partial charge in [0.2, 0.25) is 0 Å². The van der Waals surface area contributed by atoms with E-state index in [-0.39, 0.29) is 30.9 Å². The van der Waals surface area contributed by atoms with Crippen LogP contribution in [0.2, 0.25) is 3.93 Å². The Bertz CT molecular complexity index is 786. The van der Waals surface area contributed by atoms with Crippen LogP contribution in [-0.2, 0) is 43.0 Å². The van der Waals surface area contributed by atoms with Gasteiger partial charge < -0.3 is 0 Å². The molecule has 0 radical (unpaired) electrons. The molecule has 0 aliphatic carbocycles. The van der Waals surface area contributed by atoms with Crippen LogP contribution in [-0.4, -0.2) is 58.0 Å². The van der Waals surface area contributed by atoms with E-state index in [0.717, 1.165) is 9.49 Å². The Morgan fingerprint density at radius 2 is 1.90 bits per heavy atom. The molecular formula is C22H31BrHgN2O5. The first-order valence-corrected chi connectivity index (χ1v) is 26.6. The third kappa shape index (κ3) is 6.13. The minimum absolute atomic E-state index is 0.0694. The summed E-state index contributed by atoms with van der Waals surface area (Å²) in [6, 6.07) is 9.45. The number of halogens is 1. The number of nitrogens with zero attached hydrogens (tertiary/aromatic N) is 2. The molecule has 0 spiro atoms. The summed E-state index contributed by atoms with van der Waals surface area (Å²) in [5.74, 6) is 0. The van der Waals surface area contributed by atoms with Gasteiger partial charge in [-0.2, -0.15) is 0 Å². The maximum absolute atomic E-state index is 13.0. The molecule has 3 rings (SSSR count). The second-order valence-corrected chi connectivity index (χ2v) is 20.3. The van der Waals surface area contributed by atoms with Gasteiger partial charge in [0.15, 0.2) is 0 Å². The first-order valence-electron chi connectivity index (χ1n) is 10.8. The van der Waals surface area contributed by atoms with Crippen LogP contribution in [0.25, 0.3) is 0 Å². The van der Waals surface area contributed by atoms with E-state index in [1.807, 2.05) is 65.0 Å². The van der Waals surface area contributed by atoms with Crippen molar-refractivity contribution in [1.29, 1.82) is 0 Å². The van der Waals surface area contributed by atoms with Gasteiger partial charge in [-0.25, -0.2) is 0 Å². The number of rotatable bonds is 4. The molecule has 9 heteroatoms. The van der Waals surface area contributed by atoms with Crippen molar-refractivity contribution in [3.63, 3.8) is 0 Å². The van der Waals surface area contributed by atoms with Crippen LogP contribution in [0.3, 0.4) is 0 Å². The molecule has 2 aliphatic heterocycles. The molecule has 1 aromatic rings. The van der Waals surface area contributed by atoms with Crippen molar-refractivity contribution in [3.8, 4) is 0 Å². The number of likely N-dealkylation sites (tertiary alicyclic amines) is 1. The zero-order valence-corrected chi connectivity index (χ0v) is 26.1. The van der Waals surface area contributed by atoms with Gasteiger partial charge in [-0.15, -0.1) is 0 Å². The van der Waals surface area contributed by atoms with Gasteiger partial charge in [0.05, 0.1) is 0 Å². The molecule has 0 unspecified atom stereocenters. The Kier molecular flexibility index (Phi) is 7.95. The average Bonchev–Trinajstić information content (AvgIpc) is 2.94. The van der Waals surface area contributed by atoms with Crippen molar-refractivity contribution < 1.29 is 45.9 Å². The molecule has 2 saturated heterocycles. The van der Waals surface area contributed by atoms with Gasteiger partial charge in [0.1, 0.15) is 0 Å². The molecule has 0 bridgehead atoms. The molecule has 2 amide bonds. The second-order valence-electron chi connectivity index (χ2n) is 9.58. The van der Waals surface area contributed by atoms with Crippen molar-refractivity contribution >= 4 is 24.1 Å². The Balaban J connectivity index is 1.77. The molecule has 31 heavy (non-hydrogen) atoms. The van der Waals surface area contributed by atoms with E-state index in [4.69, 9.17) is 14.2 Å². The quantitative estimate of drug-likeness (QED) is 0.421. The summed E-state index contributed by atoms with van der Waals surface area (Å²) in [6.45, 7) is 9.92. The van der Waals surface area contributed by atoms with Gasteiger partial charge in [-0.3, -0.25) is 0 Å². The SMILES string of the molecule is CC(C)(C)OC(=O)N1[C@H]2CN(C(=O)OCc3ccccc3)[C@@H]([CH2][Hg][Br])C[C@H]2OC1(C)C. The Hall–Kier alpha value is -0.865. The fraction of sp³-hybridized carbons (Fsp3) is 0.636. The number of fused-ring (bicyclic) bond motifs is 1. The monoisotopic (exact) mass is 684 g/mol. The van der Waals surface area contributed by atoms with E-state index in [1.54, 1.807) is 9.80 Å². The standard InChI is InChI=1S/C22H31N2O5.BrH.Hg/c1-15-12-18-17(24(22(5,6)28-18)20(26)29-21(2,3)4)13-23(15)19(25)27-14-16-10-8-7-9-11-16;;/h7-11,15,17-18H,1,12-14H2,2-6H3;1H;/q;;+1/p-1/t15-,17-,18+;;/m0../s1. The van der Waals surface area contributed by atoms with E-state index < -0.39 is 39.6 Å². The van der Waals surface area contributed by atoms with Crippen molar-refractivity contribution in [3.05, 3.63) is 35.9 Å². The molecule has 168 valence electrons. The third-order valence-electron chi connectivity index (χ3n) is 5.58. The molecule has 0 aromatic heterocycles. The summed E-state index contributed by atoms with van der Waals surface area (Å²) in [4.78, 5) is 29.5. The predicted octanol–water partition coefficient (Wildman–Crippen LogP) is 4.95. The van der Waals surface area contributed by atoms with Gasteiger partial charge in [0, 0.05) is 0 Å². The molecule has 0 N–H and O–H groups in total. The van der Waals surface area contributed by atoms with Gasteiger partial charge in [-0.1, -0.05) is 0 Å². The predicted molar refractivity (Wildman–Crippen MR) is 116 cm³/mol. The maximum atomic E-state index is 13.0. The van der Waals surface area contributed by atoms with Crippen LogP contribution in [0.1, 0.15) is 46.6 Å². The Morgan fingerprint density at radius 3 is 2.52 bits per heavy atom. The summed E-state index contributed by atoms with van der Waals surface area (Å²) in [5, 5.41) is 0. The number of hydrogen-bond acceptors (Lipinski definition) is 5. The number of benzene rings is 1. The van der Waals surface area contributed by atoms with Crippen LogP contribution in [0.5, 0.6) is 0 Å². The summed E-state index contributed by atoms with van der Waals surface area (Å²) in [6.07, 6.45) is -0.186. The molecule has 0 saturated carbocycles. The zero-order valence-electron chi connectivity index (χ0n) is 19.0. The van der Waals surface area contributed by atoms with E-state index in [2.05, 4.69) is 11.9 Å². The van der Waals surface area contributed by atoms with Gasteiger partial charge in [-0.05, 0) is 0 Å². The summed E-state index contributed by atoms with van der Waals surface area (Å²) < 4.78 is 18.6. The zero-order chi connectivity index (χ0) is 22.8. The van der Waals surface area contributed by atoms with E-state index >= 15 is 0 Å². The number of ether oxygens (including phenoxy) is 3. The molecule has 2 heterocycles. The minimum atomic E-state index is -1.20. The van der Waals surface area contributed by atoms with Crippen LogP contribution in [0, 0.1) is 0 Å². The number of piperidine rings is 1. The number of hydrogen-bond donors (Lipinski definition) is 0. The molecule has 7 nitrogen and oxygen atoms in total. The van der Waals surface area contributed by atoms with Crippen molar-refractivity contribution in [2.45, 2.75) is 81.1 Å². The summed E-state index contributed by atoms with van der Waals surface area (Å²) in [7, 11) is 0. The first-order chi connectivity index (χ1) is 14.5. The molecule has 2 fully saturated rings. The summed E-state index contributed by atoms with van der Waals surface area (Å²) in [5.41, 5.74) is -0.463. The number of carbonyl (C=O) groups excluding carboxylic acids is 2. The normalized spacial score (nSPS) is 24.9. The first kappa shape index (κ1) is 24.8. The van der Waals surface area contributed by atoms with Crippen LogP contribution in [0.15, 0.2) is 30.3 Å². The van der Waals surface area contributed by atoms with E-state index in [9.17, 15) is 9.59 Å². The van der Waals surface area contributed by atoms with E-state index in [0.29, 0.717) is 13.0 Å². The molecule has 3 atom stereocenters. The number of amides is 2. The van der Waals surface area contributed by atoms with Crippen LogP contribution < -0.4 is 0 Å². The molecular weight excluding hydrogens is 653 g/mol. The van der Waals surface area contributed by atoms with E-state index in [1.165, 1.54) is 0 Å². The van der Waals surface area contributed by atoms with Crippen LogP contribution in [0.4, 0.5) is 9.59 Å².